The van der Waals surface area contributed by atoms with Gasteiger partial charge >= 0.3 is 17.9 Å². The van der Waals surface area contributed by atoms with Gasteiger partial charge in [0.05, 0.1) is 0 Å². The molecule has 0 spiro atoms. The molecule has 0 heterocycles. The molecule has 450 valence electrons. The smallest absolute Gasteiger partial charge is 0.306 e. The molecule has 77 heavy (non-hydrogen) atoms. The molecule has 0 saturated heterocycles. The largest absolute Gasteiger partial charge is 0.462 e. The molecule has 0 radical (unpaired) electrons. The number of allylic oxidation sites excluding steroid dienone is 8. The number of carbonyl (C=O) groups excluding carboxylic acids is 3. The SMILES string of the molecule is CCCCCCC/C=C\C/C=C\CCCCCCCCCCCCCCCCCC(=O)OCC(COC(=O)CCCCCCCCC)OC(=O)CCCCCCCCCCCCCCC/C=C\C/C=C\CCCCCCC. The lowest BCUT2D eigenvalue weighted by Crippen LogP contribution is -2.30. The van der Waals surface area contributed by atoms with Gasteiger partial charge in [0.15, 0.2) is 6.10 Å². The van der Waals surface area contributed by atoms with Crippen LogP contribution < -0.4 is 0 Å². The van der Waals surface area contributed by atoms with E-state index in [2.05, 4.69) is 69.4 Å². The van der Waals surface area contributed by atoms with E-state index in [1.807, 2.05) is 0 Å². The summed E-state index contributed by atoms with van der Waals surface area (Å²) in [4.78, 5) is 38.1. The first kappa shape index (κ1) is 74.4. The quantitative estimate of drug-likeness (QED) is 0.0261. The molecule has 0 saturated carbocycles. The van der Waals surface area contributed by atoms with Gasteiger partial charge in [-0.25, -0.2) is 0 Å². The Kier molecular flexibility index (Phi) is 63.6. The summed E-state index contributed by atoms with van der Waals surface area (Å²) in [6.07, 6.45) is 83.0. The van der Waals surface area contributed by atoms with Crippen molar-refractivity contribution in [1.29, 1.82) is 0 Å². The van der Waals surface area contributed by atoms with Crippen LogP contribution in [-0.2, 0) is 28.6 Å². The molecule has 0 rings (SSSR count). The van der Waals surface area contributed by atoms with Crippen LogP contribution >= 0.6 is 0 Å². The summed E-state index contributed by atoms with van der Waals surface area (Å²) in [5.74, 6) is -0.855. The molecule has 0 aliphatic carbocycles. The number of unbranched alkanes of at least 4 members (excludes halogenated alkanes) is 44. The van der Waals surface area contributed by atoms with E-state index >= 15 is 0 Å². The van der Waals surface area contributed by atoms with Crippen LogP contribution in [0.1, 0.15) is 367 Å². The van der Waals surface area contributed by atoms with Crippen LogP contribution in [0.3, 0.4) is 0 Å². The third-order valence-corrected chi connectivity index (χ3v) is 15.3. The first-order valence-corrected chi connectivity index (χ1v) is 34.1. The Morgan fingerprint density at radius 2 is 0.468 bits per heavy atom. The van der Waals surface area contributed by atoms with Gasteiger partial charge in [-0.2, -0.15) is 0 Å². The van der Waals surface area contributed by atoms with E-state index in [9.17, 15) is 14.4 Å². The predicted molar refractivity (Wildman–Crippen MR) is 335 cm³/mol. The third kappa shape index (κ3) is 64.1. The number of hydrogen-bond donors (Lipinski definition) is 0. The molecule has 6 heteroatoms. The van der Waals surface area contributed by atoms with E-state index in [1.165, 1.54) is 257 Å². The summed E-state index contributed by atoms with van der Waals surface area (Å²) in [5, 5.41) is 0. The standard InChI is InChI=1S/C71H130O6/c1-4-7-10-13-16-18-20-22-24-26-28-30-32-34-35-37-38-40-42-44-46-48-50-52-55-58-61-64-70(73)76-67-68(66-75-69(72)63-60-57-54-15-12-9-6-3)77-71(74)65-62-59-56-53-51-49-47-45-43-41-39-36-33-31-29-27-25-23-21-19-17-14-11-8-5-2/h20-23,26-29,68H,4-19,24-25,30-67H2,1-3H3/b22-20-,23-21-,28-26-,29-27-. The van der Waals surface area contributed by atoms with Crippen LogP contribution in [0.4, 0.5) is 0 Å². The highest BCUT2D eigenvalue weighted by molar-refractivity contribution is 5.71. The fraction of sp³-hybridized carbons (Fsp3) is 0.845. The second kappa shape index (κ2) is 65.9. The minimum absolute atomic E-state index is 0.0693. The molecule has 0 amide bonds. The molecule has 0 fully saturated rings. The lowest BCUT2D eigenvalue weighted by molar-refractivity contribution is -0.167. The summed E-state index contributed by atoms with van der Waals surface area (Å²) in [7, 11) is 0. The highest BCUT2D eigenvalue weighted by Gasteiger charge is 2.19. The van der Waals surface area contributed by atoms with E-state index < -0.39 is 6.10 Å². The Hall–Kier alpha value is -2.63. The van der Waals surface area contributed by atoms with Gasteiger partial charge in [0.1, 0.15) is 13.2 Å². The topological polar surface area (TPSA) is 78.9 Å². The predicted octanol–water partition coefficient (Wildman–Crippen LogP) is 23.3. The van der Waals surface area contributed by atoms with Gasteiger partial charge in [-0.15, -0.1) is 0 Å². The van der Waals surface area contributed by atoms with Gasteiger partial charge in [-0.1, -0.05) is 313 Å². The Morgan fingerprint density at radius 3 is 0.714 bits per heavy atom. The Morgan fingerprint density at radius 1 is 0.260 bits per heavy atom. The zero-order valence-electron chi connectivity index (χ0n) is 51.7. The average molecular weight is 1080 g/mol. The van der Waals surface area contributed by atoms with Crippen molar-refractivity contribution in [3.8, 4) is 0 Å². The van der Waals surface area contributed by atoms with Crippen molar-refractivity contribution < 1.29 is 28.6 Å². The molecule has 0 aromatic heterocycles. The normalized spacial score (nSPS) is 12.3. The van der Waals surface area contributed by atoms with Crippen molar-refractivity contribution in [2.45, 2.75) is 374 Å². The zero-order chi connectivity index (χ0) is 55.7. The highest BCUT2D eigenvalue weighted by atomic mass is 16.6. The lowest BCUT2D eigenvalue weighted by atomic mass is 10.0. The molecular weight excluding hydrogens is 949 g/mol. The molecule has 6 nitrogen and oxygen atoms in total. The van der Waals surface area contributed by atoms with E-state index in [1.54, 1.807) is 0 Å². The molecule has 1 atom stereocenters. The van der Waals surface area contributed by atoms with Crippen LogP contribution in [0, 0.1) is 0 Å². The molecule has 0 N–H and O–H groups in total. The second-order valence-corrected chi connectivity index (χ2v) is 23.1. The maximum atomic E-state index is 12.9. The number of carbonyl (C=O) groups is 3. The number of esters is 3. The number of rotatable bonds is 63. The van der Waals surface area contributed by atoms with Crippen LogP contribution in [0.15, 0.2) is 48.6 Å². The monoisotopic (exact) mass is 1080 g/mol. The Balaban J connectivity index is 4.06. The lowest BCUT2D eigenvalue weighted by Gasteiger charge is -2.18. The Labute approximate surface area is 479 Å². The van der Waals surface area contributed by atoms with Crippen molar-refractivity contribution in [2.24, 2.45) is 0 Å². The van der Waals surface area contributed by atoms with Crippen molar-refractivity contribution in [3.05, 3.63) is 48.6 Å². The van der Waals surface area contributed by atoms with Crippen LogP contribution in [-0.4, -0.2) is 37.2 Å². The van der Waals surface area contributed by atoms with Gasteiger partial charge in [-0.05, 0) is 83.5 Å². The van der Waals surface area contributed by atoms with E-state index in [0.717, 1.165) is 70.6 Å². The van der Waals surface area contributed by atoms with Gasteiger partial charge < -0.3 is 14.2 Å². The van der Waals surface area contributed by atoms with E-state index in [0.29, 0.717) is 19.3 Å². The summed E-state index contributed by atoms with van der Waals surface area (Å²) in [5.41, 5.74) is 0. The van der Waals surface area contributed by atoms with E-state index in [-0.39, 0.29) is 31.1 Å². The van der Waals surface area contributed by atoms with Gasteiger partial charge in [-0.3, -0.25) is 14.4 Å². The third-order valence-electron chi connectivity index (χ3n) is 15.3. The Bertz CT molecular complexity index is 1330. The zero-order valence-corrected chi connectivity index (χ0v) is 51.7. The molecule has 0 bridgehead atoms. The summed E-state index contributed by atoms with van der Waals surface area (Å²) in [6.45, 7) is 6.63. The maximum absolute atomic E-state index is 12.9. The molecule has 0 aromatic carbocycles. The highest BCUT2D eigenvalue weighted by Crippen LogP contribution is 2.18. The number of ether oxygens (including phenoxy) is 3. The molecule has 1 unspecified atom stereocenters. The fourth-order valence-electron chi connectivity index (χ4n) is 10.2. The molecular formula is C71H130O6. The maximum Gasteiger partial charge on any atom is 0.306 e. The summed E-state index contributed by atoms with van der Waals surface area (Å²) < 4.78 is 16.9. The minimum atomic E-state index is -0.770. The summed E-state index contributed by atoms with van der Waals surface area (Å²) >= 11 is 0. The number of hydrogen-bond acceptors (Lipinski definition) is 6. The fourth-order valence-corrected chi connectivity index (χ4v) is 10.2. The first-order valence-electron chi connectivity index (χ1n) is 34.1. The van der Waals surface area contributed by atoms with Crippen molar-refractivity contribution in [2.75, 3.05) is 13.2 Å². The van der Waals surface area contributed by atoms with E-state index in [4.69, 9.17) is 14.2 Å². The first-order chi connectivity index (χ1) is 38.0. The van der Waals surface area contributed by atoms with Gasteiger partial charge in [0, 0.05) is 19.3 Å². The second-order valence-electron chi connectivity index (χ2n) is 23.1. The van der Waals surface area contributed by atoms with Gasteiger partial charge in [0.2, 0.25) is 0 Å². The van der Waals surface area contributed by atoms with Crippen molar-refractivity contribution in [1.82, 2.24) is 0 Å². The van der Waals surface area contributed by atoms with Crippen LogP contribution in [0.5, 0.6) is 0 Å². The summed E-state index contributed by atoms with van der Waals surface area (Å²) in [6, 6.07) is 0. The van der Waals surface area contributed by atoms with Crippen LogP contribution in [0.25, 0.3) is 0 Å². The van der Waals surface area contributed by atoms with Crippen LogP contribution in [0.2, 0.25) is 0 Å². The van der Waals surface area contributed by atoms with Crippen molar-refractivity contribution >= 4 is 17.9 Å². The average Bonchev–Trinajstić information content (AvgIpc) is 3.43. The van der Waals surface area contributed by atoms with Crippen molar-refractivity contribution in [3.63, 3.8) is 0 Å². The molecule has 0 aliphatic heterocycles. The minimum Gasteiger partial charge on any atom is -0.462 e. The molecule has 0 aliphatic rings. The van der Waals surface area contributed by atoms with Gasteiger partial charge in [0.25, 0.3) is 0 Å². The molecule has 0 aromatic rings.